The maximum absolute atomic E-state index is 6.16. The lowest BCUT2D eigenvalue weighted by atomic mass is 9.91. The van der Waals surface area contributed by atoms with Gasteiger partial charge in [-0.1, -0.05) is 30.3 Å². The van der Waals surface area contributed by atoms with Gasteiger partial charge in [0.15, 0.2) is 0 Å². The zero-order chi connectivity index (χ0) is 8.44. The van der Waals surface area contributed by atoms with Crippen LogP contribution in [0.3, 0.4) is 0 Å². The van der Waals surface area contributed by atoms with Crippen molar-refractivity contribution in [2.24, 2.45) is 5.73 Å². The zero-order valence-corrected chi connectivity index (χ0v) is 6.99. The minimum absolute atomic E-state index is 0.235. The van der Waals surface area contributed by atoms with E-state index in [1.165, 1.54) is 5.56 Å². The van der Waals surface area contributed by atoms with Crippen molar-refractivity contribution >= 4 is 0 Å². The molecule has 0 spiro atoms. The number of hydrogen-bond acceptors (Lipinski definition) is 2. The average molecular weight is 163 g/mol. The fourth-order valence-electron chi connectivity index (χ4n) is 1.58. The molecule has 2 N–H and O–H groups in total. The van der Waals surface area contributed by atoms with Gasteiger partial charge in [-0.25, -0.2) is 0 Å². The van der Waals surface area contributed by atoms with E-state index in [0.29, 0.717) is 6.61 Å². The van der Waals surface area contributed by atoms with E-state index in [1.54, 1.807) is 0 Å². The van der Waals surface area contributed by atoms with E-state index in [1.807, 2.05) is 18.2 Å². The van der Waals surface area contributed by atoms with Gasteiger partial charge in [0.25, 0.3) is 0 Å². The Kier molecular flexibility index (Phi) is 1.87. The van der Waals surface area contributed by atoms with Crippen molar-refractivity contribution in [3.63, 3.8) is 0 Å². The highest BCUT2D eigenvalue weighted by Crippen LogP contribution is 2.26. The second-order valence-corrected chi connectivity index (χ2v) is 3.32. The SMILES string of the molecule is NC1(c2ccccc2)CCOC1. The quantitative estimate of drug-likeness (QED) is 0.676. The molecule has 1 heterocycles. The standard InChI is InChI=1S/C10H13NO/c11-10(6-7-12-8-10)9-4-2-1-3-5-9/h1-5H,6-8,11H2. The summed E-state index contributed by atoms with van der Waals surface area (Å²) >= 11 is 0. The van der Waals surface area contributed by atoms with Gasteiger partial charge in [0.1, 0.15) is 0 Å². The summed E-state index contributed by atoms with van der Waals surface area (Å²) in [4.78, 5) is 0. The Hall–Kier alpha value is -0.860. The van der Waals surface area contributed by atoms with Gasteiger partial charge in [0, 0.05) is 6.61 Å². The molecule has 0 bridgehead atoms. The molecule has 0 radical (unpaired) electrons. The van der Waals surface area contributed by atoms with E-state index in [0.717, 1.165) is 13.0 Å². The van der Waals surface area contributed by atoms with E-state index in [2.05, 4.69) is 12.1 Å². The van der Waals surface area contributed by atoms with Crippen LogP contribution in [0.5, 0.6) is 0 Å². The number of hydrogen-bond donors (Lipinski definition) is 1. The maximum Gasteiger partial charge on any atom is 0.0689 e. The number of nitrogens with two attached hydrogens (primary N) is 1. The van der Waals surface area contributed by atoms with Gasteiger partial charge in [-0.15, -0.1) is 0 Å². The summed E-state index contributed by atoms with van der Waals surface area (Å²) in [5.41, 5.74) is 7.10. The van der Waals surface area contributed by atoms with E-state index < -0.39 is 0 Å². The number of ether oxygens (including phenoxy) is 1. The highest BCUT2D eigenvalue weighted by molar-refractivity contribution is 5.24. The Balaban J connectivity index is 2.29. The summed E-state index contributed by atoms with van der Waals surface area (Å²) in [7, 11) is 0. The number of benzene rings is 1. The molecule has 0 amide bonds. The topological polar surface area (TPSA) is 35.2 Å². The van der Waals surface area contributed by atoms with E-state index in [9.17, 15) is 0 Å². The van der Waals surface area contributed by atoms with Crippen LogP contribution in [0, 0.1) is 0 Å². The first-order chi connectivity index (χ1) is 5.81. The lowest BCUT2D eigenvalue weighted by Gasteiger charge is -2.21. The summed E-state index contributed by atoms with van der Waals surface area (Å²) in [6.07, 6.45) is 0.928. The highest BCUT2D eigenvalue weighted by atomic mass is 16.5. The lowest BCUT2D eigenvalue weighted by Crippen LogP contribution is -2.36. The van der Waals surface area contributed by atoms with Crippen molar-refractivity contribution in [1.29, 1.82) is 0 Å². The largest absolute Gasteiger partial charge is 0.379 e. The normalized spacial score (nSPS) is 29.1. The molecule has 0 aromatic heterocycles. The van der Waals surface area contributed by atoms with E-state index in [4.69, 9.17) is 10.5 Å². The lowest BCUT2D eigenvalue weighted by molar-refractivity contribution is 0.178. The molecule has 1 aliphatic rings. The monoisotopic (exact) mass is 163 g/mol. The fraction of sp³-hybridized carbons (Fsp3) is 0.400. The average Bonchev–Trinajstić information content (AvgIpc) is 2.55. The fourth-order valence-corrected chi connectivity index (χ4v) is 1.58. The molecule has 2 nitrogen and oxygen atoms in total. The second-order valence-electron chi connectivity index (χ2n) is 3.32. The molecule has 2 rings (SSSR count). The Morgan fingerprint density at radius 3 is 2.58 bits per heavy atom. The molecule has 1 unspecified atom stereocenters. The van der Waals surface area contributed by atoms with Crippen LogP contribution in [0.1, 0.15) is 12.0 Å². The van der Waals surface area contributed by atoms with Crippen LogP contribution in [-0.4, -0.2) is 13.2 Å². The predicted octanol–water partition coefficient (Wildman–Crippen LogP) is 1.26. The Bertz CT molecular complexity index is 252. The van der Waals surface area contributed by atoms with Gasteiger partial charge in [-0.05, 0) is 12.0 Å². The smallest absolute Gasteiger partial charge is 0.0689 e. The molecule has 0 saturated carbocycles. The molecule has 1 aliphatic heterocycles. The van der Waals surface area contributed by atoms with Gasteiger partial charge in [-0.3, -0.25) is 0 Å². The van der Waals surface area contributed by atoms with Crippen molar-refractivity contribution in [2.45, 2.75) is 12.0 Å². The molecule has 1 aromatic carbocycles. The first-order valence-electron chi connectivity index (χ1n) is 4.23. The van der Waals surface area contributed by atoms with Crippen LogP contribution in [0.4, 0.5) is 0 Å². The van der Waals surface area contributed by atoms with Crippen molar-refractivity contribution in [1.82, 2.24) is 0 Å². The number of rotatable bonds is 1. The van der Waals surface area contributed by atoms with Crippen molar-refractivity contribution in [2.75, 3.05) is 13.2 Å². The molecule has 64 valence electrons. The minimum Gasteiger partial charge on any atom is -0.379 e. The van der Waals surface area contributed by atoms with Gasteiger partial charge in [0.05, 0.1) is 12.1 Å². The van der Waals surface area contributed by atoms with Crippen LogP contribution in [0.2, 0.25) is 0 Å². The van der Waals surface area contributed by atoms with Gasteiger partial charge < -0.3 is 10.5 Å². The van der Waals surface area contributed by atoms with E-state index >= 15 is 0 Å². The first-order valence-corrected chi connectivity index (χ1v) is 4.23. The van der Waals surface area contributed by atoms with Crippen molar-refractivity contribution in [3.05, 3.63) is 35.9 Å². The molecule has 2 heteroatoms. The van der Waals surface area contributed by atoms with Crippen LogP contribution >= 0.6 is 0 Å². The Morgan fingerprint density at radius 2 is 2.00 bits per heavy atom. The zero-order valence-electron chi connectivity index (χ0n) is 6.99. The molecule has 1 fully saturated rings. The van der Waals surface area contributed by atoms with Crippen molar-refractivity contribution in [3.8, 4) is 0 Å². The summed E-state index contributed by atoms with van der Waals surface area (Å²) < 4.78 is 5.29. The molecular formula is C10H13NO. The van der Waals surface area contributed by atoms with Gasteiger partial charge in [-0.2, -0.15) is 0 Å². The summed E-state index contributed by atoms with van der Waals surface area (Å²) in [5, 5.41) is 0. The summed E-state index contributed by atoms with van der Waals surface area (Å²) in [5.74, 6) is 0. The van der Waals surface area contributed by atoms with Gasteiger partial charge in [0.2, 0.25) is 0 Å². The third-order valence-electron chi connectivity index (χ3n) is 2.40. The summed E-state index contributed by atoms with van der Waals surface area (Å²) in [6, 6.07) is 10.2. The Labute approximate surface area is 72.3 Å². The second kappa shape index (κ2) is 2.88. The third-order valence-corrected chi connectivity index (χ3v) is 2.40. The van der Waals surface area contributed by atoms with Crippen molar-refractivity contribution < 1.29 is 4.74 Å². The molecule has 1 atom stereocenters. The summed E-state index contributed by atoms with van der Waals surface area (Å²) in [6.45, 7) is 1.43. The van der Waals surface area contributed by atoms with Gasteiger partial charge >= 0.3 is 0 Å². The van der Waals surface area contributed by atoms with Crippen LogP contribution < -0.4 is 5.73 Å². The highest BCUT2D eigenvalue weighted by Gasteiger charge is 2.31. The van der Waals surface area contributed by atoms with Crippen LogP contribution in [-0.2, 0) is 10.3 Å². The Morgan fingerprint density at radius 1 is 1.25 bits per heavy atom. The van der Waals surface area contributed by atoms with Crippen LogP contribution in [0.15, 0.2) is 30.3 Å². The maximum atomic E-state index is 6.16. The molecule has 1 saturated heterocycles. The van der Waals surface area contributed by atoms with Crippen LogP contribution in [0.25, 0.3) is 0 Å². The molecule has 12 heavy (non-hydrogen) atoms. The van der Waals surface area contributed by atoms with E-state index in [-0.39, 0.29) is 5.54 Å². The molecule has 0 aliphatic carbocycles. The minimum atomic E-state index is -0.235. The molecule has 1 aromatic rings. The predicted molar refractivity (Wildman–Crippen MR) is 47.7 cm³/mol. The molecular weight excluding hydrogens is 150 g/mol. The third kappa shape index (κ3) is 1.24. The first kappa shape index (κ1) is 7.77.